The van der Waals surface area contributed by atoms with Gasteiger partial charge in [0.05, 0.1) is 5.75 Å². The van der Waals surface area contributed by atoms with Crippen LogP contribution in [0.3, 0.4) is 0 Å². The predicted octanol–water partition coefficient (Wildman–Crippen LogP) is 3.30. The smallest absolute Gasteiger partial charge is 0.232 e. The fourth-order valence-corrected chi connectivity index (χ4v) is 4.73. The zero-order valence-corrected chi connectivity index (χ0v) is 17.7. The molecule has 0 spiro atoms. The van der Waals surface area contributed by atoms with Crippen molar-refractivity contribution in [1.29, 1.82) is 0 Å². The van der Waals surface area contributed by atoms with Crippen molar-refractivity contribution in [1.82, 2.24) is 14.9 Å². The molecule has 154 valence electrons. The number of anilines is 2. The van der Waals surface area contributed by atoms with Crippen LogP contribution in [0.4, 0.5) is 11.5 Å². The number of hydrogen-bond donors (Lipinski definition) is 0. The zero-order valence-electron chi connectivity index (χ0n) is 16.9. The van der Waals surface area contributed by atoms with Gasteiger partial charge in [-0.25, -0.2) is 9.97 Å². The number of carbonyl (C=O) groups excluding carboxylic acids is 1. The van der Waals surface area contributed by atoms with Crippen LogP contribution in [0.15, 0.2) is 47.8 Å². The molecule has 2 aromatic rings. The Morgan fingerprint density at radius 1 is 0.862 bits per heavy atom. The molecule has 1 aromatic heterocycles. The van der Waals surface area contributed by atoms with Crippen molar-refractivity contribution in [2.45, 2.75) is 30.7 Å². The fourth-order valence-electron chi connectivity index (χ4n) is 3.96. The topological polar surface area (TPSA) is 52.6 Å². The third-order valence-corrected chi connectivity index (χ3v) is 6.57. The van der Waals surface area contributed by atoms with Crippen molar-refractivity contribution >= 4 is 29.2 Å². The van der Waals surface area contributed by atoms with E-state index in [1.54, 1.807) is 6.33 Å². The van der Waals surface area contributed by atoms with Crippen LogP contribution in [0, 0.1) is 0 Å². The van der Waals surface area contributed by atoms with Gasteiger partial charge in [0.1, 0.15) is 17.2 Å². The molecule has 2 fully saturated rings. The van der Waals surface area contributed by atoms with E-state index in [4.69, 9.17) is 0 Å². The maximum Gasteiger partial charge on any atom is 0.232 e. The molecule has 0 saturated carbocycles. The second-order valence-corrected chi connectivity index (χ2v) is 8.60. The summed E-state index contributed by atoms with van der Waals surface area (Å²) < 4.78 is 0. The summed E-state index contributed by atoms with van der Waals surface area (Å²) in [5, 5.41) is 0.878. The molecular formula is C22H29N5OS. The first-order valence-electron chi connectivity index (χ1n) is 10.6. The molecule has 0 unspecified atom stereocenters. The maximum absolute atomic E-state index is 12.5. The normalized spacial score (nSPS) is 17.9. The van der Waals surface area contributed by atoms with Gasteiger partial charge in [0.25, 0.3) is 0 Å². The Hall–Kier alpha value is -2.28. The molecule has 0 N–H and O–H groups in total. The van der Waals surface area contributed by atoms with Gasteiger partial charge in [-0.05, 0) is 25.0 Å². The Balaban J connectivity index is 1.30. The van der Waals surface area contributed by atoms with E-state index in [0.29, 0.717) is 5.75 Å². The number of amides is 1. The molecule has 1 aromatic carbocycles. The summed E-state index contributed by atoms with van der Waals surface area (Å²) in [5.41, 5.74) is 1.28. The lowest BCUT2D eigenvalue weighted by Crippen LogP contribution is -2.46. The van der Waals surface area contributed by atoms with E-state index in [1.165, 1.54) is 30.3 Å². The van der Waals surface area contributed by atoms with Crippen LogP contribution in [0.25, 0.3) is 0 Å². The molecule has 4 rings (SSSR count). The van der Waals surface area contributed by atoms with Gasteiger partial charge in [-0.1, -0.05) is 42.8 Å². The first-order chi connectivity index (χ1) is 14.3. The molecular weight excluding hydrogens is 382 g/mol. The van der Waals surface area contributed by atoms with Crippen LogP contribution in [0.5, 0.6) is 0 Å². The highest BCUT2D eigenvalue weighted by Crippen LogP contribution is 2.23. The van der Waals surface area contributed by atoms with Gasteiger partial charge < -0.3 is 14.7 Å². The van der Waals surface area contributed by atoms with Crippen LogP contribution in [0.2, 0.25) is 0 Å². The van der Waals surface area contributed by atoms with Crippen molar-refractivity contribution in [2.24, 2.45) is 0 Å². The number of hydrogen-bond acceptors (Lipinski definition) is 6. The maximum atomic E-state index is 12.5. The second kappa shape index (κ2) is 9.96. The monoisotopic (exact) mass is 411 g/mol. The van der Waals surface area contributed by atoms with Gasteiger partial charge in [-0.2, -0.15) is 0 Å². The van der Waals surface area contributed by atoms with E-state index in [0.717, 1.165) is 63.0 Å². The molecule has 3 heterocycles. The van der Waals surface area contributed by atoms with Crippen LogP contribution in [-0.2, 0) is 4.79 Å². The number of nitrogens with zero attached hydrogens (tertiary/aromatic N) is 5. The van der Waals surface area contributed by atoms with Crippen LogP contribution in [0.1, 0.15) is 25.7 Å². The van der Waals surface area contributed by atoms with Gasteiger partial charge in [-0.15, -0.1) is 0 Å². The first-order valence-corrected chi connectivity index (χ1v) is 11.6. The molecule has 7 heteroatoms. The van der Waals surface area contributed by atoms with E-state index < -0.39 is 0 Å². The summed E-state index contributed by atoms with van der Waals surface area (Å²) in [6, 6.07) is 12.6. The van der Waals surface area contributed by atoms with Gasteiger partial charge in [0.15, 0.2) is 0 Å². The molecule has 6 nitrogen and oxygen atoms in total. The van der Waals surface area contributed by atoms with E-state index >= 15 is 0 Å². The Labute approximate surface area is 177 Å². The number of piperazine rings is 1. The highest BCUT2D eigenvalue weighted by molar-refractivity contribution is 7.99. The lowest BCUT2D eigenvalue weighted by atomic mass is 10.2. The molecule has 1 amide bonds. The first kappa shape index (κ1) is 20.0. The second-order valence-electron chi connectivity index (χ2n) is 7.61. The van der Waals surface area contributed by atoms with Crippen LogP contribution in [-0.4, -0.2) is 65.8 Å². The molecule has 0 bridgehead atoms. The summed E-state index contributed by atoms with van der Waals surface area (Å²) >= 11 is 1.53. The van der Waals surface area contributed by atoms with E-state index in [-0.39, 0.29) is 5.91 Å². The van der Waals surface area contributed by atoms with Crippen molar-refractivity contribution in [3.05, 3.63) is 42.7 Å². The van der Waals surface area contributed by atoms with Crippen molar-refractivity contribution in [2.75, 3.05) is 54.8 Å². The Morgan fingerprint density at radius 2 is 1.55 bits per heavy atom. The summed E-state index contributed by atoms with van der Waals surface area (Å²) in [6.07, 6.45) is 6.36. The SMILES string of the molecule is O=C(CSc1cc(N2CCN(c3ccccc3)CC2)ncn1)N1CCCCCC1. The molecule has 0 atom stereocenters. The number of aromatic nitrogens is 2. The van der Waals surface area contributed by atoms with E-state index in [1.807, 2.05) is 11.0 Å². The Morgan fingerprint density at radius 3 is 2.28 bits per heavy atom. The molecule has 2 aliphatic heterocycles. The summed E-state index contributed by atoms with van der Waals surface area (Å²) in [4.78, 5) is 28.1. The summed E-state index contributed by atoms with van der Waals surface area (Å²) in [7, 11) is 0. The highest BCUT2D eigenvalue weighted by Gasteiger charge is 2.20. The van der Waals surface area contributed by atoms with Crippen molar-refractivity contribution < 1.29 is 4.79 Å². The number of likely N-dealkylation sites (tertiary alicyclic amines) is 1. The van der Waals surface area contributed by atoms with E-state index in [9.17, 15) is 4.79 Å². The van der Waals surface area contributed by atoms with E-state index in [2.05, 4.69) is 50.1 Å². The Kier molecular flexibility index (Phi) is 6.87. The minimum atomic E-state index is 0.230. The van der Waals surface area contributed by atoms with Crippen LogP contribution >= 0.6 is 11.8 Å². The average molecular weight is 412 g/mol. The zero-order chi connectivity index (χ0) is 19.9. The molecule has 0 aliphatic carbocycles. The number of carbonyl (C=O) groups is 1. The number of thioether (sulfide) groups is 1. The number of benzene rings is 1. The number of para-hydroxylation sites is 1. The largest absolute Gasteiger partial charge is 0.368 e. The average Bonchev–Trinajstić information content (AvgIpc) is 3.08. The number of rotatable bonds is 5. The standard InChI is InChI=1S/C22H29N5OS/c28-22(27-10-6-1-2-7-11-27)17-29-21-16-20(23-18-24-21)26-14-12-25(13-15-26)19-8-4-3-5-9-19/h3-5,8-9,16,18H,1-2,6-7,10-15,17H2. The van der Waals surface area contributed by atoms with Crippen LogP contribution < -0.4 is 9.80 Å². The Bertz CT molecular complexity index is 787. The molecule has 2 aliphatic rings. The quantitative estimate of drug-likeness (QED) is 0.556. The fraction of sp³-hybridized carbons (Fsp3) is 0.500. The lowest BCUT2D eigenvalue weighted by molar-refractivity contribution is -0.128. The van der Waals surface area contributed by atoms with Crippen molar-refractivity contribution in [3.63, 3.8) is 0 Å². The summed E-state index contributed by atoms with van der Waals surface area (Å²) in [6.45, 7) is 5.62. The lowest BCUT2D eigenvalue weighted by Gasteiger charge is -2.36. The predicted molar refractivity (Wildman–Crippen MR) is 119 cm³/mol. The van der Waals surface area contributed by atoms with Crippen molar-refractivity contribution in [3.8, 4) is 0 Å². The van der Waals surface area contributed by atoms with Gasteiger partial charge in [0.2, 0.25) is 5.91 Å². The molecule has 2 saturated heterocycles. The third-order valence-electron chi connectivity index (χ3n) is 5.65. The molecule has 29 heavy (non-hydrogen) atoms. The van der Waals surface area contributed by atoms with Gasteiger partial charge in [0, 0.05) is 51.0 Å². The highest BCUT2D eigenvalue weighted by atomic mass is 32.2. The minimum absolute atomic E-state index is 0.230. The third kappa shape index (κ3) is 5.41. The van der Waals surface area contributed by atoms with Gasteiger partial charge in [-0.3, -0.25) is 4.79 Å². The molecule has 0 radical (unpaired) electrons. The minimum Gasteiger partial charge on any atom is -0.368 e. The van der Waals surface area contributed by atoms with Gasteiger partial charge >= 0.3 is 0 Å². The summed E-state index contributed by atoms with van der Waals surface area (Å²) in [5.74, 6) is 1.64.